The number of amides is 1. The lowest BCUT2D eigenvalue weighted by atomic mass is 10.2. The molecular weight excluding hydrogens is 304 g/mol. The molecule has 0 bridgehead atoms. The van der Waals surface area contributed by atoms with Gasteiger partial charge in [-0.2, -0.15) is 0 Å². The number of nitrogens with one attached hydrogen (secondary N) is 3. The van der Waals surface area contributed by atoms with Crippen LogP contribution in [0.15, 0.2) is 29.3 Å². The van der Waals surface area contributed by atoms with Gasteiger partial charge in [0.1, 0.15) is 5.75 Å². The molecule has 1 rings (SSSR count). The second kappa shape index (κ2) is 12.2. The highest BCUT2D eigenvalue weighted by Crippen LogP contribution is 2.12. The molecule has 6 nitrogen and oxygen atoms in total. The Morgan fingerprint density at radius 3 is 2.62 bits per heavy atom. The van der Waals surface area contributed by atoms with Crippen LogP contribution in [0.1, 0.15) is 43.5 Å². The molecule has 1 aromatic carbocycles. The van der Waals surface area contributed by atoms with Crippen LogP contribution in [0.4, 0.5) is 0 Å². The Morgan fingerprint density at radius 1 is 1.12 bits per heavy atom. The molecule has 6 heteroatoms. The van der Waals surface area contributed by atoms with Crippen LogP contribution >= 0.6 is 0 Å². The van der Waals surface area contributed by atoms with Crippen LogP contribution in [-0.2, 0) is 0 Å². The maximum absolute atomic E-state index is 12.1. The Balaban J connectivity index is 2.34. The number of nitrogens with zero attached hydrogens (tertiary/aromatic N) is 1. The SMILES string of the molecule is CCCCCN=C(NCC)NCCNC(=O)c1cccc(OC)c1. The molecule has 0 aliphatic rings. The van der Waals surface area contributed by atoms with Gasteiger partial charge in [-0.25, -0.2) is 0 Å². The predicted molar refractivity (Wildman–Crippen MR) is 98.8 cm³/mol. The van der Waals surface area contributed by atoms with Crippen LogP contribution in [-0.4, -0.2) is 45.2 Å². The minimum Gasteiger partial charge on any atom is -0.497 e. The van der Waals surface area contributed by atoms with Crippen LogP contribution < -0.4 is 20.7 Å². The Morgan fingerprint density at radius 2 is 1.92 bits per heavy atom. The van der Waals surface area contributed by atoms with E-state index in [1.165, 1.54) is 12.8 Å². The van der Waals surface area contributed by atoms with E-state index in [1.807, 2.05) is 13.0 Å². The first-order valence-electron chi connectivity index (χ1n) is 8.65. The van der Waals surface area contributed by atoms with Gasteiger partial charge < -0.3 is 20.7 Å². The number of benzene rings is 1. The fourth-order valence-electron chi connectivity index (χ4n) is 2.12. The number of carbonyl (C=O) groups is 1. The normalized spacial score (nSPS) is 11.0. The molecule has 0 saturated heterocycles. The summed E-state index contributed by atoms with van der Waals surface area (Å²) in [5, 5.41) is 9.31. The van der Waals surface area contributed by atoms with E-state index in [4.69, 9.17) is 4.74 Å². The molecule has 0 fully saturated rings. The molecule has 134 valence electrons. The molecule has 0 aliphatic carbocycles. The first-order valence-corrected chi connectivity index (χ1v) is 8.65. The first-order chi connectivity index (χ1) is 11.7. The number of guanidine groups is 1. The molecule has 1 aromatic rings. The average Bonchev–Trinajstić information content (AvgIpc) is 2.62. The van der Waals surface area contributed by atoms with Gasteiger partial charge in [-0.05, 0) is 31.5 Å². The van der Waals surface area contributed by atoms with E-state index in [0.29, 0.717) is 24.4 Å². The number of rotatable bonds is 10. The van der Waals surface area contributed by atoms with Crippen LogP contribution in [0.5, 0.6) is 5.75 Å². The van der Waals surface area contributed by atoms with Gasteiger partial charge in [0.25, 0.3) is 5.91 Å². The van der Waals surface area contributed by atoms with Gasteiger partial charge >= 0.3 is 0 Å². The second-order valence-corrected chi connectivity index (χ2v) is 5.38. The summed E-state index contributed by atoms with van der Waals surface area (Å²) >= 11 is 0. The maximum atomic E-state index is 12.1. The van der Waals surface area contributed by atoms with Crippen molar-refractivity contribution in [3.8, 4) is 5.75 Å². The monoisotopic (exact) mass is 334 g/mol. The average molecular weight is 334 g/mol. The number of carbonyl (C=O) groups excluding carboxylic acids is 1. The topological polar surface area (TPSA) is 74.8 Å². The Kier molecular flexibility index (Phi) is 10.1. The van der Waals surface area contributed by atoms with Gasteiger partial charge in [0.2, 0.25) is 0 Å². The molecule has 0 radical (unpaired) electrons. The van der Waals surface area contributed by atoms with Crippen molar-refractivity contribution in [2.45, 2.75) is 33.1 Å². The highest BCUT2D eigenvalue weighted by molar-refractivity contribution is 5.94. The fourth-order valence-corrected chi connectivity index (χ4v) is 2.12. The summed E-state index contributed by atoms with van der Waals surface area (Å²) < 4.78 is 5.13. The molecule has 0 spiro atoms. The fraction of sp³-hybridized carbons (Fsp3) is 0.556. The molecule has 3 N–H and O–H groups in total. The van der Waals surface area contributed by atoms with Crippen molar-refractivity contribution in [2.24, 2.45) is 4.99 Å². The molecule has 1 amide bonds. The number of hydrogen-bond donors (Lipinski definition) is 3. The van der Waals surface area contributed by atoms with Gasteiger partial charge in [-0.3, -0.25) is 9.79 Å². The van der Waals surface area contributed by atoms with Crippen molar-refractivity contribution in [2.75, 3.05) is 33.3 Å². The van der Waals surface area contributed by atoms with Crippen LogP contribution in [0.2, 0.25) is 0 Å². The number of methoxy groups -OCH3 is 1. The third kappa shape index (κ3) is 7.85. The summed E-state index contributed by atoms with van der Waals surface area (Å²) in [6.07, 6.45) is 3.48. The number of aliphatic imine (C=N–C) groups is 1. The van der Waals surface area contributed by atoms with Crippen LogP contribution in [0, 0.1) is 0 Å². The smallest absolute Gasteiger partial charge is 0.251 e. The summed E-state index contributed by atoms with van der Waals surface area (Å²) in [4.78, 5) is 16.6. The summed E-state index contributed by atoms with van der Waals surface area (Å²) in [5.41, 5.74) is 0.592. The van der Waals surface area contributed by atoms with Crippen LogP contribution in [0.3, 0.4) is 0 Å². The van der Waals surface area contributed by atoms with E-state index in [1.54, 1.807) is 25.3 Å². The van der Waals surface area contributed by atoms with Gasteiger partial charge in [-0.1, -0.05) is 25.8 Å². The van der Waals surface area contributed by atoms with Crippen molar-refractivity contribution in [3.63, 3.8) is 0 Å². The van der Waals surface area contributed by atoms with Gasteiger partial charge in [0, 0.05) is 31.7 Å². The van der Waals surface area contributed by atoms with Crippen molar-refractivity contribution in [3.05, 3.63) is 29.8 Å². The third-order valence-corrected chi connectivity index (χ3v) is 3.41. The Bertz CT molecular complexity index is 517. The second-order valence-electron chi connectivity index (χ2n) is 5.38. The molecular formula is C18H30N4O2. The molecule has 0 aromatic heterocycles. The highest BCUT2D eigenvalue weighted by Gasteiger charge is 2.05. The summed E-state index contributed by atoms with van der Waals surface area (Å²) in [7, 11) is 1.59. The van der Waals surface area contributed by atoms with E-state index in [2.05, 4.69) is 27.9 Å². The lowest BCUT2D eigenvalue weighted by Crippen LogP contribution is -2.41. The molecule has 0 heterocycles. The zero-order valence-corrected chi connectivity index (χ0v) is 15.0. The lowest BCUT2D eigenvalue weighted by Gasteiger charge is -2.12. The van der Waals surface area contributed by atoms with Gasteiger partial charge in [0.15, 0.2) is 5.96 Å². The quantitative estimate of drug-likeness (QED) is 0.348. The molecule has 0 aliphatic heterocycles. The molecule has 0 atom stereocenters. The van der Waals surface area contributed by atoms with E-state index < -0.39 is 0 Å². The number of unbranched alkanes of at least 4 members (excludes halogenated alkanes) is 2. The molecule has 24 heavy (non-hydrogen) atoms. The first kappa shape index (κ1) is 19.8. The van der Waals surface area contributed by atoms with Crippen molar-refractivity contribution < 1.29 is 9.53 Å². The van der Waals surface area contributed by atoms with Crippen LogP contribution in [0.25, 0.3) is 0 Å². The predicted octanol–water partition coefficient (Wildman–Crippen LogP) is 2.17. The molecule has 0 unspecified atom stereocenters. The molecule has 0 saturated carbocycles. The lowest BCUT2D eigenvalue weighted by molar-refractivity contribution is 0.0954. The minimum absolute atomic E-state index is 0.111. The number of ether oxygens (including phenoxy) is 1. The van der Waals surface area contributed by atoms with Gasteiger partial charge in [-0.15, -0.1) is 0 Å². The summed E-state index contributed by atoms with van der Waals surface area (Å²) in [5.74, 6) is 1.36. The highest BCUT2D eigenvalue weighted by atomic mass is 16.5. The van der Waals surface area contributed by atoms with Crippen molar-refractivity contribution in [1.82, 2.24) is 16.0 Å². The van der Waals surface area contributed by atoms with Crippen molar-refractivity contribution in [1.29, 1.82) is 0 Å². The van der Waals surface area contributed by atoms with E-state index in [0.717, 1.165) is 25.5 Å². The summed E-state index contributed by atoms with van der Waals surface area (Å²) in [6, 6.07) is 7.11. The van der Waals surface area contributed by atoms with E-state index >= 15 is 0 Å². The maximum Gasteiger partial charge on any atom is 0.251 e. The Labute approximate surface area is 145 Å². The van der Waals surface area contributed by atoms with Crippen molar-refractivity contribution >= 4 is 11.9 Å². The largest absolute Gasteiger partial charge is 0.497 e. The standard InChI is InChI=1S/C18H30N4O2/c1-4-6-7-11-21-18(19-5-2)22-13-12-20-17(23)15-9-8-10-16(14-15)24-3/h8-10,14H,4-7,11-13H2,1-3H3,(H,20,23)(H2,19,21,22). The third-order valence-electron chi connectivity index (χ3n) is 3.41. The van der Waals surface area contributed by atoms with E-state index in [-0.39, 0.29) is 5.91 Å². The summed E-state index contributed by atoms with van der Waals surface area (Å²) in [6.45, 7) is 6.99. The zero-order chi connectivity index (χ0) is 17.6. The minimum atomic E-state index is -0.111. The van der Waals surface area contributed by atoms with Gasteiger partial charge in [0.05, 0.1) is 7.11 Å². The number of hydrogen-bond acceptors (Lipinski definition) is 3. The van der Waals surface area contributed by atoms with E-state index in [9.17, 15) is 4.79 Å². The zero-order valence-electron chi connectivity index (χ0n) is 15.0. The Hall–Kier alpha value is -2.24.